The number of ether oxygens (including phenoxy) is 1. The van der Waals surface area contributed by atoms with Crippen LogP contribution in [-0.4, -0.2) is 43.3 Å². The molecule has 1 aliphatic heterocycles. The summed E-state index contributed by atoms with van der Waals surface area (Å²) in [6, 6.07) is 0.413. The van der Waals surface area contributed by atoms with Crippen molar-refractivity contribution in [2.75, 3.05) is 26.2 Å². The molecule has 0 aromatic heterocycles. The zero-order valence-corrected chi connectivity index (χ0v) is 12.2. The molecule has 4 heteroatoms. The SMILES string of the molecule is CCCNC1CC(C(C)C)CN(C(=O)OCC)C1. The smallest absolute Gasteiger partial charge is 0.409 e. The average molecular weight is 256 g/mol. The molecule has 0 saturated carbocycles. The van der Waals surface area contributed by atoms with Crippen LogP contribution in [0.4, 0.5) is 4.79 Å². The van der Waals surface area contributed by atoms with Crippen LogP contribution in [0.15, 0.2) is 0 Å². The Morgan fingerprint density at radius 1 is 1.39 bits per heavy atom. The van der Waals surface area contributed by atoms with E-state index in [4.69, 9.17) is 4.74 Å². The van der Waals surface area contributed by atoms with Crippen LogP contribution in [-0.2, 0) is 4.74 Å². The summed E-state index contributed by atoms with van der Waals surface area (Å²) in [5.41, 5.74) is 0. The highest BCUT2D eigenvalue weighted by Gasteiger charge is 2.31. The van der Waals surface area contributed by atoms with Gasteiger partial charge in [-0.25, -0.2) is 4.79 Å². The van der Waals surface area contributed by atoms with Crippen LogP contribution in [0.2, 0.25) is 0 Å². The van der Waals surface area contributed by atoms with Gasteiger partial charge in [-0.2, -0.15) is 0 Å². The van der Waals surface area contributed by atoms with Gasteiger partial charge in [0.15, 0.2) is 0 Å². The molecule has 0 spiro atoms. The van der Waals surface area contributed by atoms with E-state index in [0.29, 0.717) is 24.5 Å². The minimum atomic E-state index is -0.161. The lowest BCUT2D eigenvalue weighted by molar-refractivity contribution is 0.0705. The van der Waals surface area contributed by atoms with Crippen LogP contribution in [0.3, 0.4) is 0 Å². The summed E-state index contributed by atoms with van der Waals surface area (Å²) in [7, 11) is 0. The van der Waals surface area contributed by atoms with Gasteiger partial charge < -0.3 is 15.0 Å². The standard InChI is InChI=1S/C14H28N2O2/c1-5-7-15-13-8-12(11(3)4)9-16(10-13)14(17)18-6-2/h11-13,15H,5-10H2,1-4H3. The topological polar surface area (TPSA) is 41.6 Å². The highest BCUT2D eigenvalue weighted by atomic mass is 16.6. The zero-order chi connectivity index (χ0) is 13.5. The summed E-state index contributed by atoms with van der Waals surface area (Å²) in [5.74, 6) is 1.17. The number of nitrogens with one attached hydrogen (secondary N) is 1. The number of rotatable bonds is 5. The molecule has 1 amide bonds. The first kappa shape index (κ1) is 15.3. The van der Waals surface area contributed by atoms with E-state index in [2.05, 4.69) is 26.1 Å². The maximum absolute atomic E-state index is 11.9. The molecule has 18 heavy (non-hydrogen) atoms. The molecule has 2 unspecified atom stereocenters. The van der Waals surface area contributed by atoms with Crippen molar-refractivity contribution in [2.45, 2.75) is 46.6 Å². The molecule has 1 rings (SSSR count). The Bertz CT molecular complexity index is 256. The number of likely N-dealkylation sites (tertiary alicyclic amines) is 1. The average Bonchev–Trinajstić information content (AvgIpc) is 2.36. The molecule has 0 aromatic carbocycles. The predicted molar refractivity (Wildman–Crippen MR) is 73.6 cm³/mol. The Kier molecular flexibility index (Phi) is 6.47. The number of nitrogens with zero attached hydrogens (tertiary/aromatic N) is 1. The number of hydrogen-bond acceptors (Lipinski definition) is 3. The van der Waals surface area contributed by atoms with Crippen molar-refractivity contribution in [2.24, 2.45) is 11.8 Å². The Labute approximate surface area is 111 Å². The molecule has 0 radical (unpaired) electrons. The lowest BCUT2D eigenvalue weighted by Gasteiger charge is -2.39. The Balaban J connectivity index is 2.58. The highest BCUT2D eigenvalue weighted by Crippen LogP contribution is 2.24. The van der Waals surface area contributed by atoms with Crippen molar-refractivity contribution < 1.29 is 9.53 Å². The number of carbonyl (C=O) groups excluding carboxylic acids is 1. The van der Waals surface area contributed by atoms with Gasteiger partial charge in [0.05, 0.1) is 6.61 Å². The van der Waals surface area contributed by atoms with Gasteiger partial charge in [0, 0.05) is 19.1 Å². The van der Waals surface area contributed by atoms with Crippen molar-refractivity contribution >= 4 is 6.09 Å². The fraction of sp³-hybridized carbons (Fsp3) is 0.929. The molecule has 1 heterocycles. The van der Waals surface area contributed by atoms with Gasteiger partial charge in [-0.1, -0.05) is 20.8 Å². The van der Waals surface area contributed by atoms with E-state index in [1.807, 2.05) is 11.8 Å². The molecule has 1 saturated heterocycles. The van der Waals surface area contributed by atoms with Gasteiger partial charge in [-0.15, -0.1) is 0 Å². The third-order valence-electron chi connectivity index (χ3n) is 3.63. The van der Waals surface area contributed by atoms with Crippen LogP contribution >= 0.6 is 0 Å². The molecule has 0 aliphatic carbocycles. The fourth-order valence-corrected chi connectivity index (χ4v) is 2.48. The molecule has 4 nitrogen and oxygen atoms in total. The summed E-state index contributed by atoms with van der Waals surface area (Å²) >= 11 is 0. The van der Waals surface area contributed by atoms with Gasteiger partial charge in [0.2, 0.25) is 0 Å². The third-order valence-corrected chi connectivity index (χ3v) is 3.63. The molecule has 0 bridgehead atoms. The van der Waals surface area contributed by atoms with Crippen molar-refractivity contribution in [1.82, 2.24) is 10.2 Å². The van der Waals surface area contributed by atoms with Crippen molar-refractivity contribution in [3.8, 4) is 0 Å². The van der Waals surface area contributed by atoms with Gasteiger partial charge >= 0.3 is 6.09 Å². The van der Waals surface area contributed by atoms with Crippen molar-refractivity contribution in [1.29, 1.82) is 0 Å². The molecular weight excluding hydrogens is 228 g/mol. The van der Waals surface area contributed by atoms with E-state index in [-0.39, 0.29) is 6.09 Å². The predicted octanol–water partition coefficient (Wildman–Crippen LogP) is 2.49. The molecule has 2 atom stereocenters. The molecule has 106 valence electrons. The van der Waals surface area contributed by atoms with Gasteiger partial charge in [0.1, 0.15) is 0 Å². The quantitative estimate of drug-likeness (QED) is 0.821. The summed E-state index contributed by atoms with van der Waals surface area (Å²) in [4.78, 5) is 13.7. The Hall–Kier alpha value is -0.770. The number of piperidine rings is 1. The Morgan fingerprint density at radius 3 is 2.67 bits per heavy atom. The number of hydrogen-bond donors (Lipinski definition) is 1. The Morgan fingerprint density at radius 2 is 2.11 bits per heavy atom. The number of amides is 1. The molecule has 1 N–H and O–H groups in total. The first-order valence-corrected chi connectivity index (χ1v) is 7.23. The lowest BCUT2D eigenvalue weighted by atomic mass is 9.85. The summed E-state index contributed by atoms with van der Waals surface area (Å²) < 4.78 is 5.12. The first-order chi connectivity index (χ1) is 8.58. The largest absolute Gasteiger partial charge is 0.450 e. The second-order valence-corrected chi connectivity index (χ2v) is 5.49. The third kappa shape index (κ3) is 4.48. The monoisotopic (exact) mass is 256 g/mol. The van der Waals surface area contributed by atoms with Gasteiger partial charge in [0.25, 0.3) is 0 Å². The maximum Gasteiger partial charge on any atom is 0.409 e. The molecule has 1 fully saturated rings. The van der Waals surface area contributed by atoms with E-state index >= 15 is 0 Å². The van der Waals surface area contributed by atoms with Crippen LogP contribution in [0.5, 0.6) is 0 Å². The molecule has 1 aliphatic rings. The van der Waals surface area contributed by atoms with Crippen molar-refractivity contribution in [3.63, 3.8) is 0 Å². The van der Waals surface area contributed by atoms with Crippen molar-refractivity contribution in [3.05, 3.63) is 0 Å². The van der Waals surface area contributed by atoms with Crippen LogP contribution in [0.1, 0.15) is 40.5 Å². The first-order valence-electron chi connectivity index (χ1n) is 7.23. The minimum absolute atomic E-state index is 0.161. The van der Waals surface area contributed by atoms with Crippen LogP contribution < -0.4 is 5.32 Å². The summed E-state index contributed by atoms with van der Waals surface area (Å²) in [6.07, 6.45) is 2.13. The maximum atomic E-state index is 11.9. The lowest BCUT2D eigenvalue weighted by Crippen LogP contribution is -2.52. The van der Waals surface area contributed by atoms with Crippen LogP contribution in [0, 0.1) is 11.8 Å². The molecular formula is C14H28N2O2. The van der Waals surface area contributed by atoms with E-state index in [1.165, 1.54) is 0 Å². The van der Waals surface area contributed by atoms with E-state index in [0.717, 1.165) is 32.5 Å². The van der Waals surface area contributed by atoms with E-state index in [1.54, 1.807) is 0 Å². The van der Waals surface area contributed by atoms with Gasteiger partial charge in [-0.05, 0) is 38.1 Å². The normalized spacial score (nSPS) is 24.4. The zero-order valence-electron chi connectivity index (χ0n) is 12.2. The second kappa shape index (κ2) is 7.62. The highest BCUT2D eigenvalue weighted by molar-refractivity contribution is 5.67. The number of carbonyl (C=O) groups is 1. The minimum Gasteiger partial charge on any atom is -0.450 e. The molecule has 0 aromatic rings. The van der Waals surface area contributed by atoms with Gasteiger partial charge in [-0.3, -0.25) is 0 Å². The summed E-state index contributed by atoms with van der Waals surface area (Å²) in [5, 5.41) is 3.53. The second-order valence-electron chi connectivity index (χ2n) is 5.49. The van der Waals surface area contributed by atoms with Crippen LogP contribution in [0.25, 0.3) is 0 Å². The van der Waals surface area contributed by atoms with E-state index in [9.17, 15) is 4.79 Å². The van der Waals surface area contributed by atoms with E-state index < -0.39 is 0 Å². The fourth-order valence-electron chi connectivity index (χ4n) is 2.48. The summed E-state index contributed by atoms with van der Waals surface area (Å²) in [6.45, 7) is 11.6.